The van der Waals surface area contributed by atoms with E-state index in [-0.39, 0.29) is 11.9 Å². The maximum atomic E-state index is 11.7. The molecule has 0 saturated carbocycles. The van der Waals surface area contributed by atoms with Gasteiger partial charge in [-0.15, -0.1) is 0 Å². The van der Waals surface area contributed by atoms with Gasteiger partial charge in [0.15, 0.2) is 0 Å². The van der Waals surface area contributed by atoms with Crippen molar-refractivity contribution in [2.45, 2.75) is 32.2 Å². The summed E-state index contributed by atoms with van der Waals surface area (Å²) in [6.45, 7) is 2.55. The summed E-state index contributed by atoms with van der Waals surface area (Å²) in [4.78, 5) is 17.2. The van der Waals surface area contributed by atoms with Crippen molar-refractivity contribution in [3.63, 3.8) is 0 Å². The van der Waals surface area contributed by atoms with E-state index >= 15 is 0 Å². The minimum Gasteiger partial charge on any atom is -0.357 e. The van der Waals surface area contributed by atoms with Crippen LogP contribution in [0.4, 0.5) is 0 Å². The predicted molar refractivity (Wildman–Crippen MR) is 72.3 cm³/mol. The Kier molecular flexibility index (Phi) is 2.82. The van der Waals surface area contributed by atoms with Crippen LogP contribution in [0.25, 0.3) is 10.9 Å². The highest BCUT2D eigenvalue weighted by Gasteiger charge is 2.26. The fourth-order valence-corrected chi connectivity index (χ4v) is 2.91. The molecule has 0 radical (unpaired) electrons. The highest BCUT2D eigenvalue weighted by atomic mass is 16.2. The van der Waals surface area contributed by atoms with Crippen LogP contribution in [0.2, 0.25) is 0 Å². The van der Waals surface area contributed by atoms with Crippen molar-refractivity contribution in [1.82, 2.24) is 9.88 Å². The summed E-state index contributed by atoms with van der Waals surface area (Å²) in [5, 5.41) is 1.22. The Bertz CT molecular complexity index is 540. The van der Waals surface area contributed by atoms with Gasteiger partial charge in [-0.3, -0.25) is 4.79 Å². The number of carbonyl (C=O) groups is 1. The van der Waals surface area contributed by atoms with Crippen molar-refractivity contribution in [1.29, 1.82) is 0 Å². The van der Waals surface area contributed by atoms with Crippen molar-refractivity contribution in [2.24, 2.45) is 0 Å². The van der Waals surface area contributed by atoms with E-state index in [0.29, 0.717) is 0 Å². The smallest absolute Gasteiger partial charge is 0.220 e. The lowest BCUT2D eigenvalue weighted by molar-refractivity contribution is -0.132. The Morgan fingerprint density at radius 1 is 1.33 bits per heavy atom. The summed E-state index contributed by atoms with van der Waals surface area (Å²) in [5.41, 5.74) is 2.33. The first kappa shape index (κ1) is 11.3. The predicted octanol–water partition coefficient (Wildman–Crippen LogP) is 3.24. The molecule has 3 heteroatoms. The molecule has 1 atom stereocenters. The van der Waals surface area contributed by atoms with Gasteiger partial charge in [0.05, 0.1) is 6.04 Å². The van der Waals surface area contributed by atoms with E-state index in [2.05, 4.69) is 23.2 Å². The highest BCUT2D eigenvalue weighted by molar-refractivity contribution is 5.81. The average molecular weight is 242 g/mol. The maximum Gasteiger partial charge on any atom is 0.220 e. The van der Waals surface area contributed by atoms with Gasteiger partial charge in [-0.05, 0) is 36.8 Å². The third-order valence-electron chi connectivity index (χ3n) is 3.82. The van der Waals surface area contributed by atoms with E-state index in [1.807, 2.05) is 17.0 Å². The number of aromatic amines is 1. The van der Waals surface area contributed by atoms with Crippen molar-refractivity contribution >= 4 is 16.8 Å². The molecule has 3 nitrogen and oxygen atoms in total. The number of amides is 1. The van der Waals surface area contributed by atoms with Crippen molar-refractivity contribution < 1.29 is 4.79 Å². The summed E-state index contributed by atoms with van der Waals surface area (Å²) < 4.78 is 0. The second kappa shape index (κ2) is 4.48. The number of rotatable bonds is 1. The number of aromatic nitrogens is 1. The van der Waals surface area contributed by atoms with E-state index < -0.39 is 0 Å². The zero-order valence-electron chi connectivity index (χ0n) is 10.6. The standard InChI is InChI=1S/C15H18N2O/c1-11(18)17-9-5-4-8-15(17)14-10-12-6-2-3-7-13(12)16-14/h2-3,6-7,10,15-16H,4-5,8-9H2,1H3. The number of benzene rings is 1. The zero-order valence-corrected chi connectivity index (χ0v) is 10.6. The largest absolute Gasteiger partial charge is 0.357 e. The number of piperidine rings is 1. The number of likely N-dealkylation sites (tertiary alicyclic amines) is 1. The number of hydrogen-bond acceptors (Lipinski definition) is 1. The third-order valence-corrected chi connectivity index (χ3v) is 3.82. The number of fused-ring (bicyclic) bond motifs is 1. The molecule has 18 heavy (non-hydrogen) atoms. The summed E-state index contributed by atoms with van der Waals surface area (Å²) in [6, 6.07) is 10.7. The molecule has 1 fully saturated rings. The fraction of sp³-hybridized carbons (Fsp3) is 0.400. The molecule has 1 saturated heterocycles. The van der Waals surface area contributed by atoms with Crippen LogP contribution in [-0.2, 0) is 4.79 Å². The topological polar surface area (TPSA) is 36.1 Å². The number of hydrogen-bond donors (Lipinski definition) is 1. The molecule has 2 heterocycles. The molecule has 1 aliphatic heterocycles. The lowest BCUT2D eigenvalue weighted by atomic mass is 9.99. The average Bonchev–Trinajstić information content (AvgIpc) is 2.82. The van der Waals surface area contributed by atoms with Crippen LogP contribution < -0.4 is 0 Å². The molecule has 1 aromatic carbocycles. The van der Waals surface area contributed by atoms with Gasteiger partial charge < -0.3 is 9.88 Å². The number of nitrogens with one attached hydrogen (secondary N) is 1. The van der Waals surface area contributed by atoms with E-state index in [4.69, 9.17) is 0 Å². The van der Waals surface area contributed by atoms with Crippen LogP contribution in [0.5, 0.6) is 0 Å². The molecule has 0 spiro atoms. The molecule has 1 aromatic heterocycles. The Hall–Kier alpha value is -1.77. The summed E-state index contributed by atoms with van der Waals surface area (Å²) in [7, 11) is 0. The number of carbonyl (C=O) groups excluding carboxylic acids is 1. The van der Waals surface area contributed by atoms with Crippen LogP contribution in [0.3, 0.4) is 0 Å². The molecule has 0 bridgehead atoms. The zero-order chi connectivity index (χ0) is 12.5. The first-order valence-corrected chi connectivity index (χ1v) is 6.60. The van der Waals surface area contributed by atoms with Crippen LogP contribution in [0.15, 0.2) is 30.3 Å². The summed E-state index contributed by atoms with van der Waals surface area (Å²) in [6.07, 6.45) is 3.38. The van der Waals surface area contributed by atoms with Gasteiger partial charge >= 0.3 is 0 Å². The van der Waals surface area contributed by atoms with Gasteiger partial charge in [0.2, 0.25) is 5.91 Å². The Morgan fingerprint density at radius 2 is 2.17 bits per heavy atom. The van der Waals surface area contributed by atoms with Crippen LogP contribution in [-0.4, -0.2) is 22.3 Å². The van der Waals surface area contributed by atoms with Crippen LogP contribution in [0.1, 0.15) is 37.9 Å². The normalized spacial score (nSPS) is 20.3. The second-order valence-corrected chi connectivity index (χ2v) is 5.04. The third kappa shape index (κ3) is 1.90. The quantitative estimate of drug-likeness (QED) is 0.818. The van der Waals surface area contributed by atoms with Crippen LogP contribution in [0, 0.1) is 0 Å². The molecular weight excluding hydrogens is 224 g/mol. The lowest BCUT2D eigenvalue weighted by Gasteiger charge is -2.34. The van der Waals surface area contributed by atoms with E-state index in [1.54, 1.807) is 6.92 Å². The Labute approximate surface area is 107 Å². The van der Waals surface area contributed by atoms with Crippen molar-refractivity contribution in [3.8, 4) is 0 Å². The van der Waals surface area contributed by atoms with Gasteiger partial charge in [-0.2, -0.15) is 0 Å². The van der Waals surface area contributed by atoms with E-state index in [9.17, 15) is 4.79 Å². The molecule has 3 rings (SSSR count). The van der Waals surface area contributed by atoms with Gasteiger partial charge in [0.1, 0.15) is 0 Å². The molecule has 94 valence electrons. The fourth-order valence-electron chi connectivity index (χ4n) is 2.91. The van der Waals surface area contributed by atoms with Gasteiger partial charge in [0, 0.05) is 24.7 Å². The summed E-state index contributed by atoms with van der Waals surface area (Å²) in [5.74, 6) is 0.179. The lowest BCUT2D eigenvalue weighted by Crippen LogP contribution is -2.37. The second-order valence-electron chi connectivity index (χ2n) is 5.04. The molecule has 1 amide bonds. The van der Waals surface area contributed by atoms with Crippen molar-refractivity contribution in [2.75, 3.05) is 6.54 Å². The minimum atomic E-state index is 0.179. The molecule has 1 unspecified atom stereocenters. The highest BCUT2D eigenvalue weighted by Crippen LogP contribution is 2.32. The Balaban J connectivity index is 1.98. The van der Waals surface area contributed by atoms with Gasteiger partial charge in [0.25, 0.3) is 0 Å². The monoisotopic (exact) mass is 242 g/mol. The molecule has 2 aromatic rings. The molecule has 0 aliphatic carbocycles. The molecule has 1 N–H and O–H groups in total. The van der Waals surface area contributed by atoms with Crippen molar-refractivity contribution in [3.05, 3.63) is 36.0 Å². The Morgan fingerprint density at radius 3 is 2.94 bits per heavy atom. The first-order chi connectivity index (χ1) is 8.75. The molecular formula is C15H18N2O. The van der Waals surface area contributed by atoms with Gasteiger partial charge in [-0.25, -0.2) is 0 Å². The first-order valence-electron chi connectivity index (χ1n) is 6.60. The summed E-state index contributed by atoms with van der Waals surface area (Å²) >= 11 is 0. The molecule has 1 aliphatic rings. The van der Waals surface area contributed by atoms with E-state index in [1.165, 1.54) is 17.5 Å². The number of nitrogens with zero attached hydrogens (tertiary/aromatic N) is 1. The maximum absolute atomic E-state index is 11.7. The van der Waals surface area contributed by atoms with Crippen LogP contribution >= 0.6 is 0 Å². The number of para-hydroxylation sites is 1. The minimum absolute atomic E-state index is 0.179. The SMILES string of the molecule is CC(=O)N1CCCCC1c1cc2ccccc2[nH]1. The van der Waals surface area contributed by atoms with Gasteiger partial charge in [-0.1, -0.05) is 18.2 Å². The number of H-pyrrole nitrogens is 1. The van der Waals surface area contributed by atoms with E-state index in [0.717, 1.165) is 24.9 Å².